The highest BCUT2D eigenvalue weighted by atomic mass is 16.5. The molecule has 0 aliphatic heterocycles. The second-order valence-corrected chi connectivity index (χ2v) is 2.62. The zero-order valence-corrected chi connectivity index (χ0v) is 7.82. The van der Waals surface area contributed by atoms with Crippen molar-refractivity contribution in [2.75, 3.05) is 7.11 Å². The van der Waals surface area contributed by atoms with Gasteiger partial charge >= 0.3 is 11.9 Å². The summed E-state index contributed by atoms with van der Waals surface area (Å²) in [6.07, 6.45) is 3.76. The predicted octanol–water partition coefficient (Wildman–Crippen LogP) is 1.22. The van der Waals surface area contributed by atoms with Crippen molar-refractivity contribution in [3.05, 3.63) is 12.2 Å². The average Bonchev–Trinajstić information content (AvgIpc) is 2.10. The molecule has 0 aliphatic carbocycles. The first kappa shape index (κ1) is 11.7. The highest BCUT2D eigenvalue weighted by Crippen LogP contribution is 2.11. The van der Waals surface area contributed by atoms with Crippen LogP contribution in [0.25, 0.3) is 0 Å². The number of hydrogen-bond donors (Lipinski definition) is 1. The smallest absolute Gasteiger partial charge is 0.309 e. The number of esters is 1. The zero-order chi connectivity index (χ0) is 10.3. The van der Waals surface area contributed by atoms with E-state index in [1.807, 2.05) is 6.92 Å². The van der Waals surface area contributed by atoms with Crippen LogP contribution in [0.5, 0.6) is 0 Å². The van der Waals surface area contributed by atoms with Gasteiger partial charge < -0.3 is 9.84 Å². The molecule has 0 radical (unpaired) electrons. The van der Waals surface area contributed by atoms with Gasteiger partial charge in [0.25, 0.3) is 0 Å². The Labute approximate surface area is 77.2 Å². The average molecular weight is 186 g/mol. The molecule has 0 aromatic carbocycles. The lowest BCUT2D eigenvalue weighted by molar-refractivity contribution is -0.150. The Kier molecular flexibility index (Phi) is 5.59. The maximum absolute atomic E-state index is 11.0. The van der Waals surface area contributed by atoms with Crippen molar-refractivity contribution in [1.29, 1.82) is 0 Å². The molecule has 0 rings (SSSR count). The molecule has 74 valence electrons. The van der Waals surface area contributed by atoms with Gasteiger partial charge in [-0.25, -0.2) is 0 Å². The van der Waals surface area contributed by atoms with Crippen molar-refractivity contribution in [3.63, 3.8) is 0 Å². The third-order valence-electron chi connectivity index (χ3n) is 1.61. The fourth-order valence-corrected chi connectivity index (χ4v) is 0.941. The van der Waals surface area contributed by atoms with E-state index in [0.29, 0.717) is 6.42 Å². The lowest BCUT2D eigenvalue weighted by atomic mass is 10.0. The Bertz CT molecular complexity index is 208. The molecular weight excluding hydrogens is 172 g/mol. The van der Waals surface area contributed by atoms with E-state index in [0.717, 1.165) is 0 Å². The van der Waals surface area contributed by atoms with E-state index < -0.39 is 17.9 Å². The van der Waals surface area contributed by atoms with E-state index in [-0.39, 0.29) is 6.42 Å². The minimum absolute atomic E-state index is 0.184. The maximum atomic E-state index is 11.0. The van der Waals surface area contributed by atoms with Crippen molar-refractivity contribution in [2.45, 2.75) is 19.8 Å². The normalized spacial score (nSPS) is 12.8. The predicted molar refractivity (Wildman–Crippen MR) is 47.2 cm³/mol. The summed E-state index contributed by atoms with van der Waals surface area (Å²) in [5, 5.41) is 8.50. The van der Waals surface area contributed by atoms with Gasteiger partial charge in [0.05, 0.1) is 19.4 Å². The van der Waals surface area contributed by atoms with Gasteiger partial charge in [-0.1, -0.05) is 12.2 Å². The van der Waals surface area contributed by atoms with Crippen molar-refractivity contribution < 1.29 is 19.4 Å². The molecule has 13 heavy (non-hydrogen) atoms. The number of carbonyl (C=O) groups is 2. The molecule has 4 nitrogen and oxygen atoms in total. The summed E-state index contributed by atoms with van der Waals surface area (Å²) in [5.74, 6) is -2.03. The topological polar surface area (TPSA) is 63.6 Å². The zero-order valence-electron chi connectivity index (χ0n) is 7.82. The summed E-state index contributed by atoms with van der Waals surface area (Å²) in [7, 11) is 1.26. The van der Waals surface area contributed by atoms with E-state index in [9.17, 15) is 9.59 Å². The molecule has 0 aromatic rings. The first-order chi connectivity index (χ1) is 6.11. The summed E-state index contributed by atoms with van der Waals surface area (Å²) in [6.45, 7) is 1.81. The quantitative estimate of drug-likeness (QED) is 0.518. The second kappa shape index (κ2) is 6.22. The van der Waals surface area contributed by atoms with Crippen LogP contribution in [0.1, 0.15) is 19.8 Å². The molecule has 0 saturated carbocycles. The number of methoxy groups -OCH3 is 1. The van der Waals surface area contributed by atoms with Crippen LogP contribution in [0.3, 0.4) is 0 Å². The molecule has 1 atom stereocenters. The number of hydrogen-bond acceptors (Lipinski definition) is 3. The van der Waals surface area contributed by atoms with E-state index >= 15 is 0 Å². The number of rotatable bonds is 5. The largest absolute Gasteiger partial charge is 0.481 e. The maximum Gasteiger partial charge on any atom is 0.309 e. The molecule has 0 fully saturated rings. The minimum atomic E-state index is -0.986. The Balaban J connectivity index is 4.18. The van der Waals surface area contributed by atoms with Crippen molar-refractivity contribution in [3.8, 4) is 0 Å². The number of ether oxygens (including phenoxy) is 1. The van der Waals surface area contributed by atoms with E-state index in [1.165, 1.54) is 7.11 Å². The number of carboxylic acid groups (broad SMARTS) is 1. The van der Waals surface area contributed by atoms with Gasteiger partial charge in [0.1, 0.15) is 0 Å². The molecule has 0 saturated heterocycles. The summed E-state index contributed by atoms with van der Waals surface area (Å²) in [4.78, 5) is 21.4. The molecule has 0 spiro atoms. The highest BCUT2D eigenvalue weighted by molar-refractivity contribution is 5.79. The number of aliphatic carboxylic acids is 1. The van der Waals surface area contributed by atoms with Crippen molar-refractivity contribution >= 4 is 11.9 Å². The van der Waals surface area contributed by atoms with Gasteiger partial charge in [-0.3, -0.25) is 9.59 Å². The first-order valence-electron chi connectivity index (χ1n) is 4.02. The molecule has 1 N–H and O–H groups in total. The Morgan fingerprint density at radius 1 is 1.54 bits per heavy atom. The van der Waals surface area contributed by atoms with Crippen LogP contribution in [-0.4, -0.2) is 24.2 Å². The van der Waals surface area contributed by atoms with Gasteiger partial charge in [-0.2, -0.15) is 0 Å². The number of carboxylic acids is 1. The molecule has 0 unspecified atom stereocenters. The Morgan fingerprint density at radius 2 is 2.15 bits per heavy atom. The van der Waals surface area contributed by atoms with Crippen LogP contribution < -0.4 is 0 Å². The van der Waals surface area contributed by atoms with Gasteiger partial charge in [-0.15, -0.1) is 0 Å². The van der Waals surface area contributed by atoms with Crippen LogP contribution >= 0.6 is 0 Å². The van der Waals surface area contributed by atoms with Crippen LogP contribution in [0.4, 0.5) is 0 Å². The van der Waals surface area contributed by atoms with E-state index in [4.69, 9.17) is 5.11 Å². The van der Waals surface area contributed by atoms with Gasteiger partial charge in [0.2, 0.25) is 0 Å². The van der Waals surface area contributed by atoms with Crippen molar-refractivity contribution in [2.24, 2.45) is 5.92 Å². The molecule has 0 aromatic heterocycles. The third kappa shape index (κ3) is 5.00. The molecule has 4 heteroatoms. The molecule has 0 bridgehead atoms. The second-order valence-electron chi connectivity index (χ2n) is 2.62. The Hall–Kier alpha value is -1.32. The fraction of sp³-hybridized carbons (Fsp3) is 0.556. The van der Waals surface area contributed by atoms with Gasteiger partial charge in [0, 0.05) is 0 Å². The van der Waals surface area contributed by atoms with E-state index in [2.05, 4.69) is 4.74 Å². The van der Waals surface area contributed by atoms with E-state index in [1.54, 1.807) is 12.2 Å². The van der Waals surface area contributed by atoms with Gasteiger partial charge in [-0.05, 0) is 13.3 Å². The summed E-state index contributed by atoms with van der Waals surface area (Å²) >= 11 is 0. The lowest BCUT2D eigenvalue weighted by Crippen LogP contribution is -2.19. The molecular formula is C9H14O4. The van der Waals surface area contributed by atoms with Crippen LogP contribution in [-0.2, 0) is 14.3 Å². The monoisotopic (exact) mass is 186 g/mol. The van der Waals surface area contributed by atoms with Crippen LogP contribution in [0.15, 0.2) is 12.2 Å². The number of allylic oxidation sites excluding steroid dienone is 2. The lowest BCUT2D eigenvalue weighted by Gasteiger charge is -2.08. The minimum Gasteiger partial charge on any atom is -0.481 e. The molecule has 0 heterocycles. The SMILES string of the molecule is CC=CC[C@@H](CC(=O)O)C(=O)OC. The molecule has 0 aliphatic rings. The standard InChI is InChI=1S/C9H14O4/c1-3-4-5-7(6-8(10)11)9(12)13-2/h3-4,7H,5-6H2,1-2H3,(H,10,11)/t7-/m0/s1. The first-order valence-corrected chi connectivity index (χ1v) is 4.02. The summed E-state index contributed by atoms with van der Waals surface area (Å²) < 4.78 is 4.47. The van der Waals surface area contributed by atoms with Gasteiger partial charge in [0.15, 0.2) is 0 Å². The summed E-state index contributed by atoms with van der Waals surface area (Å²) in [5.41, 5.74) is 0. The third-order valence-corrected chi connectivity index (χ3v) is 1.61. The highest BCUT2D eigenvalue weighted by Gasteiger charge is 2.20. The van der Waals surface area contributed by atoms with Crippen molar-refractivity contribution in [1.82, 2.24) is 0 Å². The molecule has 0 amide bonds. The Morgan fingerprint density at radius 3 is 2.54 bits per heavy atom. The summed E-state index contributed by atoms with van der Waals surface area (Å²) in [6, 6.07) is 0. The van der Waals surface area contributed by atoms with Crippen LogP contribution in [0.2, 0.25) is 0 Å². The van der Waals surface area contributed by atoms with Crippen LogP contribution in [0, 0.1) is 5.92 Å². The fourth-order valence-electron chi connectivity index (χ4n) is 0.941. The number of carbonyl (C=O) groups excluding carboxylic acids is 1.